The zero-order valence-corrected chi connectivity index (χ0v) is 15.0. The molecule has 0 saturated carbocycles. The summed E-state index contributed by atoms with van der Waals surface area (Å²) in [6.45, 7) is 1.05. The molecule has 0 unspecified atom stereocenters. The highest BCUT2D eigenvalue weighted by Gasteiger charge is 2.24. The van der Waals surface area contributed by atoms with Gasteiger partial charge in [0.05, 0.1) is 12.8 Å². The van der Waals surface area contributed by atoms with E-state index >= 15 is 0 Å². The van der Waals surface area contributed by atoms with Crippen LogP contribution in [0.5, 0.6) is 5.75 Å². The number of benzene rings is 2. The lowest BCUT2D eigenvalue weighted by molar-refractivity contribution is 0.0993. The average Bonchev–Trinajstić information content (AvgIpc) is 3.36. The van der Waals surface area contributed by atoms with Gasteiger partial charge in [0.1, 0.15) is 19.0 Å². The van der Waals surface area contributed by atoms with Crippen molar-refractivity contribution in [2.75, 3.05) is 23.4 Å². The molecule has 0 radical (unpaired) electrons. The first-order chi connectivity index (χ1) is 13.7. The van der Waals surface area contributed by atoms with Gasteiger partial charge in [-0.1, -0.05) is 24.3 Å². The van der Waals surface area contributed by atoms with Gasteiger partial charge in [0, 0.05) is 16.9 Å². The predicted octanol–water partition coefficient (Wildman–Crippen LogP) is 4.07. The predicted molar refractivity (Wildman–Crippen MR) is 103 cm³/mol. The van der Waals surface area contributed by atoms with Gasteiger partial charge in [-0.25, -0.2) is 4.79 Å². The number of ether oxygens (including phenoxy) is 2. The molecule has 0 bridgehead atoms. The van der Waals surface area contributed by atoms with Crippen molar-refractivity contribution in [3.8, 4) is 5.75 Å². The maximum absolute atomic E-state index is 12.6. The van der Waals surface area contributed by atoms with E-state index in [1.165, 1.54) is 11.2 Å². The molecule has 1 N–H and O–H groups in total. The number of amides is 2. The molecule has 1 aromatic heterocycles. The highest BCUT2D eigenvalue weighted by atomic mass is 16.6. The van der Waals surface area contributed by atoms with Crippen LogP contribution in [-0.4, -0.2) is 25.2 Å². The van der Waals surface area contributed by atoms with Crippen LogP contribution in [0.2, 0.25) is 0 Å². The van der Waals surface area contributed by atoms with E-state index in [1.54, 1.807) is 30.3 Å². The molecule has 4 rings (SSSR count). The normalized spacial score (nSPS) is 13.3. The van der Waals surface area contributed by atoms with Gasteiger partial charge < -0.3 is 19.2 Å². The SMILES string of the molecule is O=C(Nc1cccc(N2CCOC2=O)c1)c1occc1COc1ccccc1. The second kappa shape index (κ2) is 7.87. The molecule has 2 amide bonds. The molecular formula is C21H18N2O5. The van der Waals surface area contributed by atoms with Gasteiger partial charge in [-0.3, -0.25) is 9.69 Å². The number of anilines is 2. The van der Waals surface area contributed by atoms with Crippen LogP contribution < -0.4 is 15.0 Å². The topological polar surface area (TPSA) is 81.0 Å². The van der Waals surface area contributed by atoms with E-state index in [0.29, 0.717) is 35.8 Å². The van der Waals surface area contributed by atoms with Gasteiger partial charge in [-0.15, -0.1) is 0 Å². The minimum absolute atomic E-state index is 0.182. The molecule has 0 aliphatic carbocycles. The summed E-state index contributed by atoms with van der Waals surface area (Å²) in [7, 11) is 0. The standard InChI is InChI=1S/C21H18N2O5/c24-20(19-15(9-11-26-19)14-28-18-7-2-1-3-8-18)22-16-5-4-6-17(13-16)23-10-12-27-21(23)25/h1-9,11,13H,10,12,14H2,(H,22,24). The summed E-state index contributed by atoms with van der Waals surface area (Å²) < 4.78 is 16.0. The van der Waals surface area contributed by atoms with Crippen LogP contribution in [0.15, 0.2) is 71.3 Å². The summed E-state index contributed by atoms with van der Waals surface area (Å²) in [5, 5.41) is 2.79. The molecule has 1 aliphatic rings. The number of nitrogens with zero attached hydrogens (tertiary/aromatic N) is 1. The van der Waals surface area contributed by atoms with E-state index in [2.05, 4.69) is 5.32 Å². The number of carbonyl (C=O) groups is 2. The Balaban J connectivity index is 1.44. The average molecular weight is 378 g/mol. The van der Waals surface area contributed by atoms with Crippen LogP contribution in [-0.2, 0) is 11.3 Å². The summed E-state index contributed by atoms with van der Waals surface area (Å²) in [5.74, 6) is 0.500. The van der Waals surface area contributed by atoms with Crippen LogP contribution in [0.25, 0.3) is 0 Å². The Morgan fingerprint density at radius 3 is 2.75 bits per heavy atom. The van der Waals surface area contributed by atoms with E-state index in [1.807, 2.05) is 30.3 Å². The minimum Gasteiger partial charge on any atom is -0.489 e. The van der Waals surface area contributed by atoms with E-state index in [9.17, 15) is 9.59 Å². The Hall–Kier alpha value is -3.74. The number of cyclic esters (lactones) is 1. The summed E-state index contributed by atoms with van der Waals surface area (Å²) >= 11 is 0. The molecule has 1 fully saturated rings. The van der Waals surface area contributed by atoms with E-state index in [4.69, 9.17) is 13.9 Å². The van der Waals surface area contributed by atoms with Gasteiger partial charge in [-0.2, -0.15) is 0 Å². The fraction of sp³-hybridized carbons (Fsp3) is 0.143. The van der Waals surface area contributed by atoms with E-state index in [0.717, 1.165) is 0 Å². The summed E-state index contributed by atoms with van der Waals surface area (Å²) in [4.78, 5) is 25.9. The van der Waals surface area contributed by atoms with Gasteiger partial charge in [0.25, 0.3) is 5.91 Å². The summed E-state index contributed by atoms with van der Waals surface area (Å²) in [6, 6.07) is 18.0. The van der Waals surface area contributed by atoms with Crippen LogP contribution in [0, 0.1) is 0 Å². The number of rotatable bonds is 6. The molecule has 7 heteroatoms. The Kier molecular flexibility index (Phi) is 4.97. The molecule has 2 aromatic carbocycles. The molecule has 2 heterocycles. The molecular weight excluding hydrogens is 360 g/mol. The maximum atomic E-state index is 12.6. The van der Waals surface area contributed by atoms with Crippen molar-refractivity contribution in [2.45, 2.75) is 6.61 Å². The lowest BCUT2D eigenvalue weighted by Crippen LogP contribution is -2.23. The Bertz CT molecular complexity index is 983. The monoisotopic (exact) mass is 378 g/mol. The first-order valence-electron chi connectivity index (χ1n) is 8.80. The van der Waals surface area contributed by atoms with Crippen LogP contribution in [0.4, 0.5) is 16.2 Å². The van der Waals surface area contributed by atoms with Crippen LogP contribution in [0.1, 0.15) is 16.1 Å². The number of nitrogens with one attached hydrogen (secondary N) is 1. The largest absolute Gasteiger partial charge is 0.489 e. The molecule has 28 heavy (non-hydrogen) atoms. The van der Waals surface area contributed by atoms with Gasteiger partial charge in [0.2, 0.25) is 0 Å². The van der Waals surface area contributed by atoms with Crippen LogP contribution in [0.3, 0.4) is 0 Å². The lowest BCUT2D eigenvalue weighted by Gasteiger charge is -2.14. The van der Waals surface area contributed by atoms with Gasteiger partial charge in [0.15, 0.2) is 5.76 Å². The van der Waals surface area contributed by atoms with Crippen LogP contribution >= 0.6 is 0 Å². The van der Waals surface area contributed by atoms with Crippen molar-refractivity contribution in [2.24, 2.45) is 0 Å². The van der Waals surface area contributed by atoms with Crippen molar-refractivity contribution in [3.05, 3.63) is 78.3 Å². The number of hydrogen-bond donors (Lipinski definition) is 1. The second-order valence-electron chi connectivity index (χ2n) is 6.15. The Morgan fingerprint density at radius 2 is 1.96 bits per heavy atom. The molecule has 3 aromatic rings. The molecule has 142 valence electrons. The Morgan fingerprint density at radius 1 is 1.11 bits per heavy atom. The van der Waals surface area contributed by atoms with Crippen molar-refractivity contribution in [3.63, 3.8) is 0 Å². The molecule has 0 spiro atoms. The second-order valence-corrected chi connectivity index (χ2v) is 6.15. The van der Waals surface area contributed by atoms with E-state index in [-0.39, 0.29) is 12.4 Å². The third-order valence-electron chi connectivity index (χ3n) is 4.27. The summed E-state index contributed by atoms with van der Waals surface area (Å²) in [6.07, 6.45) is 1.06. The first-order valence-corrected chi connectivity index (χ1v) is 8.80. The summed E-state index contributed by atoms with van der Waals surface area (Å²) in [5.41, 5.74) is 1.85. The number of hydrogen-bond acceptors (Lipinski definition) is 5. The zero-order valence-electron chi connectivity index (χ0n) is 15.0. The minimum atomic E-state index is -0.394. The highest BCUT2D eigenvalue weighted by Crippen LogP contribution is 2.23. The molecule has 1 saturated heterocycles. The third kappa shape index (κ3) is 3.83. The van der Waals surface area contributed by atoms with Crippen molar-refractivity contribution < 1.29 is 23.5 Å². The van der Waals surface area contributed by atoms with Gasteiger partial charge in [-0.05, 0) is 36.4 Å². The van der Waals surface area contributed by atoms with Crippen molar-refractivity contribution in [1.82, 2.24) is 0 Å². The van der Waals surface area contributed by atoms with E-state index < -0.39 is 12.0 Å². The number of carbonyl (C=O) groups excluding carboxylic acids is 2. The highest BCUT2D eigenvalue weighted by molar-refractivity contribution is 6.03. The smallest absolute Gasteiger partial charge is 0.414 e. The zero-order chi connectivity index (χ0) is 19.3. The molecule has 1 aliphatic heterocycles. The van der Waals surface area contributed by atoms with Crippen molar-refractivity contribution in [1.29, 1.82) is 0 Å². The lowest BCUT2D eigenvalue weighted by atomic mass is 10.2. The van der Waals surface area contributed by atoms with Crippen molar-refractivity contribution >= 4 is 23.4 Å². The maximum Gasteiger partial charge on any atom is 0.414 e. The van der Waals surface area contributed by atoms with Gasteiger partial charge >= 0.3 is 6.09 Å². The quantitative estimate of drug-likeness (QED) is 0.699. The first kappa shape index (κ1) is 17.7. The third-order valence-corrected chi connectivity index (χ3v) is 4.27. The Labute approximate surface area is 161 Å². The number of furan rings is 1. The molecule has 7 nitrogen and oxygen atoms in total. The fourth-order valence-electron chi connectivity index (χ4n) is 2.89. The number of para-hydroxylation sites is 1. The molecule has 0 atom stereocenters. The fourth-order valence-corrected chi connectivity index (χ4v) is 2.89.